The van der Waals surface area contributed by atoms with Gasteiger partial charge in [0.1, 0.15) is 12.7 Å². The Balaban J connectivity index is 0.985. The molecule has 0 unspecified atom stereocenters. The molecule has 3 N–H and O–H groups in total. The summed E-state index contributed by atoms with van der Waals surface area (Å²) in [5, 5.41) is 3.50. The molecular formula is C49H70N2O6. The van der Waals surface area contributed by atoms with Gasteiger partial charge in [-0.2, -0.15) is 0 Å². The number of fused-ring (bicyclic) bond motifs is 7. The van der Waals surface area contributed by atoms with E-state index in [9.17, 15) is 19.2 Å². The van der Waals surface area contributed by atoms with Gasteiger partial charge in [0.25, 0.3) is 0 Å². The second kappa shape index (κ2) is 13.5. The zero-order chi connectivity index (χ0) is 41.1. The standard InChI is InChI=1S/C49H70N2O6/c1-29(2)38-34(52)27-49(51-42(55)48(50)20-13-21-48)25-24-46(8)31(39(38)49)16-17-36-45(7)22-19-37(44(5,6)35(45)18-23-47(36,46)9)57-41(54)33-26-32(43(33,3)4)40(53)56-28-30-14-11-10-12-15-30/h10-12,14-15,29,31-33,35-37H,13,16-28,50H2,1-9H3,(H,51,55)/t31-,32+,33-,35+,36-,37+,45+,46-,47-,49-/m1/s1. The number of esters is 2. The first-order valence-corrected chi connectivity index (χ1v) is 22.4. The zero-order valence-electron chi connectivity index (χ0n) is 36.4. The fourth-order valence-electron chi connectivity index (χ4n) is 14.8. The van der Waals surface area contributed by atoms with Crippen LogP contribution in [-0.4, -0.2) is 40.8 Å². The molecule has 312 valence electrons. The molecular weight excluding hydrogens is 713 g/mol. The van der Waals surface area contributed by atoms with Gasteiger partial charge in [-0.15, -0.1) is 0 Å². The minimum Gasteiger partial charge on any atom is -0.462 e. The number of carbonyl (C=O) groups excluding carboxylic acids is 4. The normalized spacial score (nSPS) is 41.0. The molecule has 1 amide bonds. The van der Waals surface area contributed by atoms with Crippen LogP contribution in [0.25, 0.3) is 0 Å². The third-order valence-electron chi connectivity index (χ3n) is 18.7. The average Bonchev–Trinajstić information content (AvgIpc) is 3.42. The van der Waals surface area contributed by atoms with Crippen LogP contribution in [-0.2, 0) is 35.3 Å². The average molecular weight is 783 g/mol. The first kappa shape index (κ1) is 40.8. The number of amides is 1. The van der Waals surface area contributed by atoms with Crippen LogP contribution in [0, 0.1) is 62.6 Å². The summed E-state index contributed by atoms with van der Waals surface area (Å²) in [6.07, 6.45) is 11.0. The number of nitrogens with two attached hydrogens (primary N) is 1. The number of hydrogen-bond acceptors (Lipinski definition) is 7. The summed E-state index contributed by atoms with van der Waals surface area (Å²) in [6.45, 7) is 20.9. The number of ketones is 1. The highest BCUT2D eigenvalue weighted by atomic mass is 16.5. The molecule has 8 heteroatoms. The van der Waals surface area contributed by atoms with Crippen LogP contribution in [0.15, 0.2) is 41.5 Å². The Hall–Kier alpha value is -3.00. The third kappa shape index (κ3) is 5.89. The highest BCUT2D eigenvalue weighted by Crippen LogP contribution is 2.76. The number of rotatable bonds is 8. The van der Waals surface area contributed by atoms with Gasteiger partial charge in [0.05, 0.1) is 22.9 Å². The van der Waals surface area contributed by atoms with E-state index in [2.05, 4.69) is 53.8 Å². The molecule has 0 aromatic heterocycles. The van der Waals surface area contributed by atoms with Gasteiger partial charge in [-0.1, -0.05) is 92.6 Å². The molecule has 6 fully saturated rings. The monoisotopic (exact) mass is 783 g/mol. The Morgan fingerprint density at radius 1 is 0.789 bits per heavy atom. The van der Waals surface area contributed by atoms with Gasteiger partial charge >= 0.3 is 11.9 Å². The van der Waals surface area contributed by atoms with E-state index >= 15 is 0 Å². The second-order valence-corrected chi connectivity index (χ2v) is 22.3. The van der Waals surface area contributed by atoms with Gasteiger partial charge in [0, 0.05) is 11.8 Å². The first-order chi connectivity index (χ1) is 26.6. The maximum absolute atomic E-state index is 14.0. The van der Waals surface area contributed by atoms with Crippen molar-refractivity contribution in [2.24, 2.45) is 68.3 Å². The topological polar surface area (TPSA) is 125 Å². The molecule has 0 bridgehead atoms. The number of carbonyl (C=O) groups is 4. The predicted molar refractivity (Wildman–Crippen MR) is 220 cm³/mol. The molecule has 57 heavy (non-hydrogen) atoms. The van der Waals surface area contributed by atoms with Gasteiger partial charge in [-0.05, 0) is 139 Å². The van der Waals surface area contributed by atoms with Crippen molar-refractivity contribution in [3.63, 3.8) is 0 Å². The van der Waals surface area contributed by atoms with Crippen LogP contribution >= 0.6 is 0 Å². The van der Waals surface area contributed by atoms with Gasteiger partial charge in [-0.3, -0.25) is 19.2 Å². The van der Waals surface area contributed by atoms with Gasteiger partial charge < -0.3 is 20.5 Å². The lowest BCUT2D eigenvalue weighted by Gasteiger charge is -2.72. The Morgan fingerprint density at radius 2 is 1.47 bits per heavy atom. The van der Waals surface area contributed by atoms with Crippen molar-refractivity contribution in [2.75, 3.05) is 0 Å². The lowest BCUT2D eigenvalue weighted by atomic mass is 9.33. The number of nitrogens with one attached hydrogen (secondary N) is 1. The summed E-state index contributed by atoms with van der Waals surface area (Å²) < 4.78 is 12.3. The molecule has 6 saturated carbocycles. The highest BCUT2D eigenvalue weighted by molar-refractivity contribution is 6.02. The Bertz CT molecular complexity index is 1860. The maximum Gasteiger partial charge on any atom is 0.309 e. The fraction of sp³-hybridized carbons (Fsp3) is 0.755. The molecule has 10 atom stereocenters. The van der Waals surface area contributed by atoms with Crippen LogP contribution in [0.3, 0.4) is 0 Å². The van der Waals surface area contributed by atoms with Gasteiger partial charge in [0.15, 0.2) is 5.78 Å². The van der Waals surface area contributed by atoms with Crippen LogP contribution in [0.4, 0.5) is 0 Å². The number of Topliss-reactive ketones (excluding diaryl/α,β-unsaturated/α-hetero) is 1. The summed E-state index contributed by atoms with van der Waals surface area (Å²) >= 11 is 0. The van der Waals surface area contributed by atoms with E-state index in [1.54, 1.807) is 0 Å². The van der Waals surface area contributed by atoms with Gasteiger partial charge in [0.2, 0.25) is 5.91 Å². The Morgan fingerprint density at radius 3 is 2.11 bits per heavy atom. The number of hydrogen-bond donors (Lipinski definition) is 2. The predicted octanol–water partition coefficient (Wildman–Crippen LogP) is 9.03. The van der Waals surface area contributed by atoms with Crippen LogP contribution < -0.4 is 11.1 Å². The molecule has 0 spiro atoms. The molecule has 7 aliphatic rings. The van der Waals surface area contributed by atoms with Crippen molar-refractivity contribution in [1.82, 2.24) is 5.32 Å². The molecule has 8 rings (SSSR count). The number of ether oxygens (including phenoxy) is 2. The van der Waals surface area contributed by atoms with E-state index in [0.717, 1.165) is 68.9 Å². The lowest BCUT2D eigenvalue weighted by molar-refractivity contribution is -0.235. The number of benzene rings is 1. The smallest absolute Gasteiger partial charge is 0.309 e. The van der Waals surface area contributed by atoms with Crippen molar-refractivity contribution in [1.29, 1.82) is 0 Å². The molecule has 0 saturated heterocycles. The van der Waals surface area contributed by atoms with E-state index < -0.39 is 16.5 Å². The lowest BCUT2D eigenvalue weighted by Crippen LogP contribution is -2.69. The van der Waals surface area contributed by atoms with E-state index in [1.165, 1.54) is 5.57 Å². The zero-order valence-corrected chi connectivity index (χ0v) is 36.4. The van der Waals surface area contributed by atoms with Crippen LogP contribution in [0.2, 0.25) is 0 Å². The quantitative estimate of drug-likeness (QED) is 0.252. The summed E-state index contributed by atoms with van der Waals surface area (Å²) in [6, 6.07) is 9.71. The molecule has 8 nitrogen and oxygen atoms in total. The molecule has 1 aromatic carbocycles. The van der Waals surface area contributed by atoms with Crippen LogP contribution in [0.5, 0.6) is 0 Å². The van der Waals surface area contributed by atoms with Crippen molar-refractivity contribution < 1.29 is 28.7 Å². The fourth-order valence-corrected chi connectivity index (χ4v) is 14.8. The Kier molecular flexibility index (Phi) is 9.66. The molecule has 0 heterocycles. The summed E-state index contributed by atoms with van der Waals surface area (Å²) in [4.78, 5) is 54.9. The van der Waals surface area contributed by atoms with E-state index in [-0.39, 0.29) is 81.7 Å². The summed E-state index contributed by atoms with van der Waals surface area (Å²) in [5.74, 6) is 0.316. The Labute approximate surface area is 341 Å². The molecule has 0 radical (unpaired) electrons. The first-order valence-electron chi connectivity index (χ1n) is 22.4. The van der Waals surface area contributed by atoms with Crippen molar-refractivity contribution in [3.05, 3.63) is 47.0 Å². The maximum atomic E-state index is 14.0. The molecule has 1 aromatic rings. The van der Waals surface area contributed by atoms with Gasteiger partial charge in [-0.25, -0.2) is 0 Å². The van der Waals surface area contributed by atoms with E-state index in [1.807, 2.05) is 44.2 Å². The van der Waals surface area contributed by atoms with Crippen LogP contribution in [0.1, 0.15) is 151 Å². The van der Waals surface area contributed by atoms with Crippen molar-refractivity contribution in [2.45, 2.75) is 170 Å². The molecule has 7 aliphatic carbocycles. The summed E-state index contributed by atoms with van der Waals surface area (Å²) in [7, 11) is 0. The summed E-state index contributed by atoms with van der Waals surface area (Å²) in [5.41, 5.74) is 7.72. The minimum atomic E-state index is -0.812. The van der Waals surface area contributed by atoms with E-state index in [0.29, 0.717) is 37.5 Å². The van der Waals surface area contributed by atoms with Crippen molar-refractivity contribution in [3.8, 4) is 0 Å². The second-order valence-electron chi connectivity index (χ2n) is 22.3. The SMILES string of the molecule is CC(C)C1=C2[C@H]3CC[C@@H]4[C@@]5(C)CC[C@H](OC(=O)[C@H]6C[C@@H](C(=O)OCc7ccccc7)C6(C)C)C(C)(C)[C@@H]5CC[C@@]4(C)[C@]3(C)CC[C@@]2(NC(=O)C2(N)CCC2)CC1=O. The van der Waals surface area contributed by atoms with E-state index in [4.69, 9.17) is 15.2 Å². The number of allylic oxidation sites excluding steroid dienone is 1. The minimum absolute atomic E-state index is 0.0167. The molecule has 0 aliphatic heterocycles. The van der Waals surface area contributed by atoms with Crippen molar-refractivity contribution >= 4 is 23.6 Å². The highest BCUT2D eigenvalue weighted by Gasteiger charge is 2.71. The third-order valence-corrected chi connectivity index (χ3v) is 18.7. The largest absolute Gasteiger partial charge is 0.462 e.